The summed E-state index contributed by atoms with van der Waals surface area (Å²) in [7, 11) is 0. The molecule has 2 aromatic rings. The molecule has 0 spiro atoms. The van der Waals surface area contributed by atoms with Gasteiger partial charge in [-0.2, -0.15) is 0 Å². The molecule has 1 N–H and O–H groups in total. The second-order valence-electron chi connectivity index (χ2n) is 4.30. The van der Waals surface area contributed by atoms with E-state index in [2.05, 4.69) is 49.3 Å². The fraction of sp³-hybridized carbons (Fsp3) is 0.214. The Morgan fingerprint density at radius 2 is 2.00 bits per heavy atom. The normalized spacial score (nSPS) is 12.2. The van der Waals surface area contributed by atoms with Crippen LogP contribution in [0.15, 0.2) is 44.7 Å². The minimum Gasteiger partial charge on any atom is -0.349 e. The number of carbonyl (C=O) groups excluding carboxylic acids is 1. The van der Waals surface area contributed by atoms with Crippen molar-refractivity contribution in [3.63, 3.8) is 0 Å². The molecule has 0 saturated carbocycles. The van der Waals surface area contributed by atoms with E-state index in [1.165, 1.54) is 16.9 Å². The first-order chi connectivity index (χ1) is 9.06. The Hall–Kier alpha value is -0.650. The molecule has 1 aromatic carbocycles. The summed E-state index contributed by atoms with van der Waals surface area (Å²) in [5.74, 6) is -0.0279. The van der Waals surface area contributed by atoms with Crippen molar-refractivity contribution in [2.45, 2.75) is 19.4 Å². The third-order valence-corrected chi connectivity index (χ3v) is 5.89. The maximum atomic E-state index is 12.1. The molecule has 100 valence electrons. The van der Waals surface area contributed by atoms with Gasteiger partial charge in [0.15, 0.2) is 0 Å². The van der Waals surface area contributed by atoms with E-state index in [1.807, 2.05) is 31.2 Å². The summed E-state index contributed by atoms with van der Waals surface area (Å²) in [4.78, 5) is 12.8. The maximum absolute atomic E-state index is 12.1. The molecule has 2 nitrogen and oxygen atoms in total. The summed E-state index contributed by atoms with van der Waals surface area (Å²) in [5, 5.41) is 3.02. The van der Waals surface area contributed by atoms with E-state index in [0.717, 1.165) is 14.7 Å². The van der Waals surface area contributed by atoms with Crippen LogP contribution in [0.2, 0.25) is 0 Å². The van der Waals surface area contributed by atoms with Crippen molar-refractivity contribution in [3.8, 4) is 0 Å². The van der Waals surface area contributed by atoms with Gasteiger partial charge in [-0.15, -0.1) is 11.3 Å². The second kappa shape index (κ2) is 6.68. The Morgan fingerprint density at radius 3 is 2.58 bits per heavy atom. The molecule has 0 aliphatic rings. The fourth-order valence-electron chi connectivity index (χ4n) is 1.77. The minimum atomic E-state index is -0.0279. The van der Waals surface area contributed by atoms with Crippen molar-refractivity contribution in [3.05, 3.63) is 55.1 Å². The summed E-state index contributed by atoms with van der Waals surface area (Å²) in [6, 6.07) is 12.1. The van der Waals surface area contributed by atoms with E-state index in [0.29, 0.717) is 4.88 Å². The van der Waals surface area contributed by atoms with Crippen LogP contribution in [0, 0.1) is 0 Å². The van der Waals surface area contributed by atoms with Gasteiger partial charge in [0.25, 0.3) is 5.91 Å². The van der Waals surface area contributed by atoms with Crippen LogP contribution in [0.1, 0.15) is 22.2 Å². The van der Waals surface area contributed by atoms with Gasteiger partial charge in [0.1, 0.15) is 0 Å². The van der Waals surface area contributed by atoms with Crippen LogP contribution in [0.4, 0.5) is 0 Å². The highest BCUT2D eigenvalue weighted by molar-refractivity contribution is 9.13. The number of benzene rings is 1. The maximum Gasteiger partial charge on any atom is 0.261 e. The Balaban J connectivity index is 1.95. The van der Waals surface area contributed by atoms with Crippen LogP contribution < -0.4 is 5.32 Å². The number of thiophene rings is 1. The number of rotatable bonds is 4. The molecule has 5 heteroatoms. The number of hydrogen-bond donors (Lipinski definition) is 1. The van der Waals surface area contributed by atoms with Crippen molar-refractivity contribution in [2.75, 3.05) is 0 Å². The zero-order valence-electron chi connectivity index (χ0n) is 10.3. The smallest absolute Gasteiger partial charge is 0.261 e. The second-order valence-corrected chi connectivity index (χ2v) is 7.52. The zero-order valence-corrected chi connectivity index (χ0v) is 14.3. The first-order valence-electron chi connectivity index (χ1n) is 5.86. The molecule has 0 saturated heterocycles. The molecule has 0 bridgehead atoms. The minimum absolute atomic E-state index is 0.0279. The summed E-state index contributed by atoms with van der Waals surface area (Å²) in [5.41, 5.74) is 1.23. The summed E-state index contributed by atoms with van der Waals surface area (Å²) < 4.78 is 1.85. The lowest BCUT2D eigenvalue weighted by Crippen LogP contribution is -2.33. The Bertz CT molecular complexity index is 549. The van der Waals surface area contributed by atoms with Gasteiger partial charge >= 0.3 is 0 Å². The number of carbonyl (C=O) groups is 1. The molecule has 0 aliphatic heterocycles. The Labute approximate surface area is 133 Å². The topological polar surface area (TPSA) is 29.1 Å². The van der Waals surface area contributed by atoms with Gasteiger partial charge in [0.2, 0.25) is 0 Å². The van der Waals surface area contributed by atoms with E-state index in [9.17, 15) is 4.79 Å². The molecule has 0 radical (unpaired) electrons. The lowest BCUT2D eigenvalue weighted by molar-refractivity contribution is 0.0944. The summed E-state index contributed by atoms with van der Waals surface area (Å²) in [6.45, 7) is 2.02. The van der Waals surface area contributed by atoms with Gasteiger partial charge in [-0.25, -0.2) is 0 Å². The molecule has 0 fully saturated rings. The number of nitrogens with one attached hydrogen (secondary N) is 1. The lowest BCUT2D eigenvalue weighted by Gasteiger charge is -2.13. The van der Waals surface area contributed by atoms with Crippen molar-refractivity contribution >= 4 is 49.1 Å². The zero-order chi connectivity index (χ0) is 13.8. The van der Waals surface area contributed by atoms with E-state index in [-0.39, 0.29) is 11.9 Å². The molecule has 2 rings (SSSR count). The largest absolute Gasteiger partial charge is 0.349 e. The van der Waals surface area contributed by atoms with E-state index < -0.39 is 0 Å². The third-order valence-electron chi connectivity index (χ3n) is 2.63. The van der Waals surface area contributed by atoms with Crippen LogP contribution in [0.5, 0.6) is 0 Å². The molecule has 0 aliphatic carbocycles. The average molecular weight is 403 g/mol. The average Bonchev–Trinajstić information content (AvgIpc) is 2.71. The van der Waals surface area contributed by atoms with Crippen LogP contribution in [-0.4, -0.2) is 11.9 Å². The molecular formula is C14H13Br2NOS. The van der Waals surface area contributed by atoms with Crippen LogP contribution in [-0.2, 0) is 6.42 Å². The summed E-state index contributed by atoms with van der Waals surface area (Å²) in [6.07, 6.45) is 0.834. The van der Waals surface area contributed by atoms with Crippen molar-refractivity contribution < 1.29 is 4.79 Å². The van der Waals surface area contributed by atoms with Gasteiger partial charge in [-0.1, -0.05) is 30.3 Å². The van der Waals surface area contributed by atoms with Crippen molar-refractivity contribution in [1.29, 1.82) is 0 Å². The van der Waals surface area contributed by atoms with Gasteiger partial charge in [0.05, 0.1) is 8.66 Å². The SMILES string of the molecule is CC(Cc1ccccc1)NC(=O)c1cc(Br)c(Br)s1. The predicted molar refractivity (Wildman–Crippen MR) is 86.8 cm³/mol. The molecule has 1 heterocycles. The monoisotopic (exact) mass is 401 g/mol. The number of amides is 1. The van der Waals surface area contributed by atoms with Gasteiger partial charge in [-0.3, -0.25) is 4.79 Å². The van der Waals surface area contributed by atoms with Crippen molar-refractivity contribution in [2.24, 2.45) is 0 Å². The fourth-order valence-corrected chi connectivity index (χ4v) is 3.71. The first-order valence-corrected chi connectivity index (χ1v) is 8.26. The Morgan fingerprint density at radius 1 is 1.32 bits per heavy atom. The highest BCUT2D eigenvalue weighted by Crippen LogP contribution is 2.32. The molecule has 1 aromatic heterocycles. The first kappa shape index (κ1) is 14.8. The van der Waals surface area contributed by atoms with Crippen LogP contribution in [0.3, 0.4) is 0 Å². The van der Waals surface area contributed by atoms with Crippen molar-refractivity contribution in [1.82, 2.24) is 5.32 Å². The van der Waals surface area contributed by atoms with Crippen LogP contribution in [0.25, 0.3) is 0 Å². The van der Waals surface area contributed by atoms with Gasteiger partial charge < -0.3 is 5.32 Å². The third kappa shape index (κ3) is 4.16. The molecular weight excluding hydrogens is 390 g/mol. The highest BCUT2D eigenvalue weighted by Gasteiger charge is 2.14. The standard InChI is InChI=1S/C14H13Br2NOS/c1-9(7-10-5-3-2-4-6-10)17-14(18)12-8-11(15)13(16)19-12/h2-6,8-9H,7H2,1H3,(H,17,18). The van der Waals surface area contributed by atoms with Gasteiger partial charge in [0, 0.05) is 10.5 Å². The number of halogens is 2. The lowest BCUT2D eigenvalue weighted by atomic mass is 10.1. The molecule has 19 heavy (non-hydrogen) atoms. The predicted octanol–water partition coefficient (Wildman–Crippen LogP) is 4.63. The molecule has 1 unspecified atom stereocenters. The van der Waals surface area contributed by atoms with E-state index in [4.69, 9.17) is 0 Å². The van der Waals surface area contributed by atoms with Crippen LogP contribution >= 0.6 is 43.2 Å². The molecule has 1 atom stereocenters. The molecule has 1 amide bonds. The van der Waals surface area contributed by atoms with Gasteiger partial charge in [-0.05, 0) is 56.8 Å². The van der Waals surface area contributed by atoms with E-state index >= 15 is 0 Å². The quantitative estimate of drug-likeness (QED) is 0.793. The Kier molecular flexibility index (Phi) is 5.19. The highest BCUT2D eigenvalue weighted by atomic mass is 79.9. The van der Waals surface area contributed by atoms with E-state index in [1.54, 1.807) is 0 Å². The summed E-state index contributed by atoms with van der Waals surface area (Å²) >= 11 is 8.21. The number of hydrogen-bond acceptors (Lipinski definition) is 2.